The van der Waals surface area contributed by atoms with Crippen LogP contribution >= 0.6 is 23.2 Å². The fourth-order valence-corrected chi connectivity index (χ4v) is 2.63. The first-order valence-electron chi connectivity index (χ1n) is 7.08. The molecule has 3 rings (SSSR count). The molecule has 1 fully saturated rings. The molecular weight excluding hydrogens is 339 g/mol. The molecule has 1 aliphatic heterocycles. The lowest BCUT2D eigenvalue weighted by molar-refractivity contribution is 0.102. The summed E-state index contributed by atoms with van der Waals surface area (Å²) in [6, 6.07) is 8.08. The molecule has 7 heteroatoms. The monoisotopic (exact) mass is 352 g/mol. The Morgan fingerprint density at radius 3 is 2.91 bits per heavy atom. The van der Waals surface area contributed by atoms with Crippen LogP contribution in [-0.2, 0) is 4.74 Å². The number of pyridine rings is 1. The summed E-state index contributed by atoms with van der Waals surface area (Å²) in [5, 5.41) is 3.62. The summed E-state index contributed by atoms with van der Waals surface area (Å²) in [7, 11) is 0. The second-order valence-corrected chi connectivity index (χ2v) is 5.91. The minimum absolute atomic E-state index is 0.0217. The van der Waals surface area contributed by atoms with E-state index in [1.165, 1.54) is 6.20 Å². The van der Waals surface area contributed by atoms with Gasteiger partial charge in [-0.25, -0.2) is 4.98 Å². The van der Waals surface area contributed by atoms with Crippen LogP contribution in [0.1, 0.15) is 16.8 Å². The van der Waals surface area contributed by atoms with Crippen LogP contribution in [0.15, 0.2) is 36.5 Å². The number of hydrogen-bond acceptors (Lipinski definition) is 4. The van der Waals surface area contributed by atoms with Crippen molar-refractivity contribution in [3.05, 3.63) is 52.1 Å². The van der Waals surface area contributed by atoms with E-state index in [1.54, 1.807) is 30.3 Å². The Hall–Kier alpha value is -1.82. The van der Waals surface area contributed by atoms with Crippen molar-refractivity contribution < 1.29 is 14.3 Å². The molecule has 1 saturated heterocycles. The summed E-state index contributed by atoms with van der Waals surface area (Å²) in [4.78, 5) is 16.5. The van der Waals surface area contributed by atoms with Crippen molar-refractivity contribution in [2.75, 3.05) is 18.5 Å². The zero-order chi connectivity index (χ0) is 16.2. The van der Waals surface area contributed by atoms with Gasteiger partial charge in [0.05, 0.1) is 23.9 Å². The Kier molecular flexibility index (Phi) is 5.00. The number of rotatable bonds is 4. The Labute approximate surface area is 143 Å². The van der Waals surface area contributed by atoms with Crippen molar-refractivity contribution in [3.8, 4) is 5.88 Å². The van der Waals surface area contributed by atoms with Crippen LogP contribution < -0.4 is 10.1 Å². The summed E-state index contributed by atoms with van der Waals surface area (Å²) >= 11 is 11.9. The van der Waals surface area contributed by atoms with Gasteiger partial charge in [0.2, 0.25) is 5.88 Å². The Balaban J connectivity index is 1.71. The third-order valence-electron chi connectivity index (χ3n) is 3.35. The van der Waals surface area contributed by atoms with Crippen molar-refractivity contribution >= 4 is 34.8 Å². The summed E-state index contributed by atoms with van der Waals surface area (Å²) in [6.45, 7) is 1.22. The highest BCUT2D eigenvalue weighted by molar-refractivity contribution is 6.36. The predicted octanol–water partition coefficient (Wildman–Crippen LogP) is 3.81. The molecule has 0 bridgehead atoms. The number of nitrogens with zero attached hydrogens (tertiary/aromatic N) is 1. The smallest absolute Gasteiger partial charge is 0.255 e. The van der Waals surface area contributed by atoms with Crippen molar-refractivity contribution in [3.63, 3.8) is 0 Å². The second kappa shape index (κ2) is 7.17. The number of ether oxygens (including phenoxy) is 2. The largest absolute Gasteiger partial charge is 0.472 e. The molecule has 23 heavy (non-hydrogen) atoms. The lowest BCUT2D eigenvalue weighted by Gasteiger charge is -2.12. The van der Waals surface area contributed by atoms with Gasteiger partial charge in [0.1, 0.15) is 6.10 Å². The van der Waals surface area contributed by atoms with Crippen LogP contribution in [0.2, 0.25) is 10.0 Å². The van der Waals surface area contributed by atoms with Gasteiger partial charge in [-0.3, -0.25) is 4.79 Å². The number of anilines is 1. The summed E-state index contributed by atoms with van der Waals surface area (Å²) in [5.41, 5.74) is 0.921. The Morgan fingerprint density at radius 2 is 2.17 bits per heavy atom. The number of amides is 1. The maximum Gasteiger partial charge on any atom is 0.255 e. The number of halogens is 2. The zero-order valence-corrected chi connectivity index (χ0v) is 13.6. The van der Waals surface area contributed by atoms with Gasteiger partial charge in [0.15, 0.2) is 0 Å². The van der Waals surface area contributed by atoms with E-state index in [4.69, 9.17) is 32.7 Å². The highest BCUT2D eigenvalue weighted by Crippen LogP contribution is 2.26. The van der Waals surface area contributed by atoms with E-state index in [2.05, 4.69) is 10.3 Å². The predicted molar refractivity (Wildman–Crippen MR) is 88.5 cm³/mol. The van der Waals surface area contributed by atoms with E-state index in [9.17, 15) is 4.79 Å². The van der Waals surface area contributed by atoms with Gasteiger partial charge >= 0.3 is 0 Å². The van der Waals surface area contributed by atoms with Crippen LogP contribution in [0.3, 0.4) is 0 Å². The molecule has 0 radical (unpaired) electrons. The first-order chi connectivity index (χ1) is 11.1. The SMILES string of the molecule is O=C(Nc1ccc(Cl)cc1Cl)c1ccnc(OC2CCOC2)c1. The fourth-order valence-electron chi connectivity index (χ4n) is 2.18. The average molecular weight is 353 g/mol. The maximum atomic E-state index is 12.3. The molecule has 120 valence electrons. The van der Waals surface area contributed by atoms with Gasteiger partial charge in [-0.2, -0.15) is 0 Å². The maximum absolute atomic E-state index is 12.3. The molecule has 1 N–H and O–H groups in total. The van der Waals surface area contributed by atoms with Crippen LogP contribution in [0.25, 0.3) is 0 Å². The van der Waals surface area contributed by atoms with Gasteiger partial charge in [0, 0.05) is 29.3 Å². The van der Waals surface area contributed by atoms with E-state index in [-0.39, 0.29) is 12.0 Å². The number of benzene rings is 1. The molecular formula is C16H14Cl2N2O3. The number of carbonyl (C=O) groups is 1. The highest BCUT2D eigenvalue weighted by atomic mass is 35.5. The van der Waals surface area contributed by atoms with Crippen molar-refractivity contribution in [2.24, 2.45) is 0 Å². The van der Waals surface area contributed by atoms with Gasteiger partial charge in [-0.15, -0.1) is 0 Å². The van der Waals surface area contributed by atoms with E-state index < -0.39 is 0 Å². The van der Waals surface area contributed by atoms with Crippen LogP contribution in [0.5, 0.6) is 5.88 Å². The fraction of sp³-hybridized carbons (Fsp3) is 0.250. The summed E-state index contributed by atoms with van der Waals surface area (Å²) < 4.78 is 10.9. The molecule has 2 heterocycles. The lowest BCUT2D eigenvalue weighted by Crippen LogP contribution is -2.17. The molecule has 1 atom stereocenters. The molecule has 0 spiro atoms. The minimum atomic E-state index is -0.302. The number of hydrogen-bond donors (Lipinski definition) is 1. The molecule has 0 saturated carbocycles. The van der Waals surface area contributed by atoms with Gasteiger partial charge in [0.25, 0.3) is 5.91 Å². The van der Waals surface area contributed by atoms with Crippen molar-refractivity contribution in [1.29, 1.82) is 0 Å². The molecule has 1 amide bonds. The van der Waals surface area contributed by atoms with Crippen LogP contribution in [-0.4, -0.2) is 30.2 Å². The van der Waals surface area contributed by atoms with Gasteiger partial charge in [-0.05, 0) is 24.3 Å². The summed E-state index contributed by atoms with van der Waals surface area (Å²) in [5.74, 6) is 0.0968. The van der Waals surface area contributed by atoms with Crippen LogP contribution in [0, 0.1) is 0 Å². The number of nitrogens with one attached hydrogen (secondary N) is 1. The molecule has 1 aromatic heterocycles. The van der Waals surface area contributed by atoms with Crippen LogP contribution in [0.4, 0.5) is 5.69 Å². The normalized spacial score (nSPS) is 17.0. The van der Waals surface area contributed by atoms with Crippen molar-refractivity contribution in [1.82, 2.24) is 4.98 Å². The van der Waals surface area contributed by atoms with E-state index in [1.807, 2.05) is 0 Å². The Bertz CT molecular complexity index is 718. The quantitative estimate of drug-likeness (QED) is 0.908. The molecule has 5 nitrogen and oxygen atoms in total. The average Bonchev–Trinajstić information content (AvgIpc) is 3.03. The highest BCUT2D eigenvalue weighted by Gasteiger charge is 2.18. The minimum Gasteiger partial charge on any atom is -0.472 e. The first-order valence-corrected chi connectivity index (χ1v) is 7.84. The van der Waals surface area contributed by atoms with E-state index >= 15 is 0 Å². The molecule has 1 unspecified atom stereocenters. The molecule has 1 aliphatic rings. The molecule has 2 aromatic rings. The van der Waals surface area contributed by atoms with Crippen molar-refractivity contribution in [2.45, 2.75) is 12.5 Å². The first kappa shape index (κ1) is 16.1. The van der Waals surface area contributed by atoms with Gasteiger partial charge < -0.3 is 14.8 Å². The topological polar surface area (TPSA) is 60.5 Å². The number of aromatic nitrogens is 1. The second-order valence-electron chi connectivity index (χ2n) is 5.06. The third-order valence-corrected chi connectivity index (χ3v) is 3.90. The summed E-state index contributed by atoms with van der Waals surface area (Å²) in [6.07, 6.45) is 2.33. The van der Waals surface area contributed by atoms with E-state index in [0.29, 0.717) is 40.4 Å². The standard InChI is InChI=1S/C16H14Cl2N2O3/c17-11-1-2-14(13(18)8-11)20-16(21)10-3-5-19-15(7-10)23-12-4-6-22-9-12/h1-3,5,7-8,12H,4,6,9H2,(H,20,21). The van der Waals surface area contributed by atoms with Gasteiger partial charge in [-0.1, -0.05) is 23.2 Å². The number of carbonyl (C=O) groups excluding carboxylic acids is 1. The van der Waals surface area contributed by atoms with E-state index in [0.717, 1.165) is 6.42 Å². The third kappa shape index (κ3) is 4.13. The molecule has 0 aliphatic carbocycles. The zero-order valence-electron chi connectivity index (χ0n) is 12.1. The lowest BCUT2D eigenvalue weighted by atomic mass is 10.2. The molecule has 1 aromatic carbocycles. The Morgan fingerprint density at radius 1 is 1.30 bits per heavy atom.